The molecule has 2 fully saturated rings. The number of ether oxygens (including phenoxy) is 1. The van der Waals surface area contributed by atoms with E-state index in [9.17, 15) is 14.7 Å². The molecular weight excluding hydrogens is 300 g/mol. The Morgan fingerprint density at radius 1 is 1.17 bits per heavy atom. The van der Waals surface area contributed by atoms with Crippen LogP contribution in [0.25, 0.3) is 0 Å². The molecule has 0 aliphatic carbocycles. The van der Waals surface area contributed by atoms with Crippen molar-refractivity contribution in [3.05, 3.63) is 0 Å². The maximum atomic E-state index is 12.1. The number of hydrazine groups is 1. The maximum Gasteiger partial charge on any atom is 0.410 e. The normalized spacial score (nSPS) is 22.5. The molecule has 2 saturated heterocycles. The lowest BCUT2D eigenvalue weighted by molar-refractivity contribution is -0.143. The van der Waals surface area contributed by atoms with Gasteiger partial charge in [0.2, 0.25) is 0 Å². The highest BCUT2D eigenvalue weighted by Gasteiger charge is 2.49. The van der Waals surface area contributed by atoms with Crippen molar-refractivity contribution < 1.29 is 19.4 Å². The minimum Gasteiger partial charge on any atom is -0.481 e. The maximum absolute atomic E-state index is 12.1. The first-order valence-corrected chi connectivity index (χ1v) is 8.00. The SMILES string of the molecule is CN1CCN(NC2(CC(=O)O)CN(C(=O)OC(C)(C)C)C2)CC1. The van der Waals surface area contributed by atoms with E-state index >= 15 is 0 Å². The summed E-state index contributed by atoms with van der Waals surface area (Å²) in [4.78, 5) is 27.0. The Balaban J connectivity index is 1.92. The molecule has 0 unspecified atom stereocenters. The second kappa shape index (κ2) is 6.62. The molecule has 2 rings (SSSR count). The molecule has 1 amide bonds. The summed E-state index contributed by atoms with van der Waals surface area (Å²) in [5, 5.41) is 11.3. The highest BCUT2D eigenvalue weighted by Crippen LogP contribution is 2.27. The van der Waals surface area contributed by atoms with Gasteiger partial charge in [-0.15, -0.1) is 0 Å². The fourth-order valence-electron chi connectivity index (χ4n) is 2.91. The lowest BCUT2D eigenvalue weighted by Gasteiger charge is -2.52. The molecule has 0 radical (unpaired) electrons. The van der Waals surface area contributed by atoms with Crippen LogP contribution >= 0.6 is 0 Å². The number of piperazine rings is 1. The van der Waals surface area contributed by atoms with E-state index in [1.165, 1.54) is 0 Å². The first-order chi connectivity index (χ1) is 10.6. The van der Waals surface area contributed by atoms with Crippen molar-refractivity contribution in [2.45, 2.75) is 38.3 Å². The van der Waals surface area contributed by atoms with Crippen molar-refractivity contribution in [2.75, 3.05) is 46.3 Å². The topological polar surface area (TPSA) is 85.4 Å². The van der Waals surface area contributed by atoms with E-state index in [1.54, 1.807) is 4.90 Å². The van der Waals surface area contributed by atoms with Gasteiger partial charge in [0.05, 0.1) is 12.0 Å². The lowest BCUT2D eigenvalue weighted by atomic mass is 9.87. The van der Waals surface area contributed by atoms with Crippen molar-refractivity contribution >= 4 is 12.1 Å². The zero-order valence-electron chi connectivity index (χ0n) is 14.5. The molecule has 0 aromatic heterocycles. The van der Waals surface area contributed by atoms with Crippen molar-refractivity contribution in [3.8, 4) is 0 Å². The zero-order chi connectivity index (χ0) is 17.3. The highest BCUT2D eigenvalue weighted by atomic mass is 16.6. The van der Waals surface area contributed by atoms with Crippen LogP contribution in [0.1, 0.15) is 27.2 Å². The Bertz CT molecular complexity index is 449. The third kappa shape index (κ3) is 5.05. The number of amides is 1. The van der Waals surface area contributed by atoms with Crippen LogP contribution in [0.2, 0.25) is 0 Å². The summed E-state index contributed by atoms with van der Waals surface area (Å²) in [5.74, 6) is -0.865. The number of hydrogen-bond donors (Lipinski definition) is 2. The van der Waals surface area contributed by atoms with Crippen LogP contribution in [-0.4, -0.2) is 89.4 Å². The minimum atomic E-state index is -0.865. The summed E-state index contributed by atoms with van der Waals surface area (Å²) < 4.78 is 5.34. The number of nitrogens with one attached hydrogen (secondary N) is 1. The van der Waals surface area contributed by atoms with Gasteiger partial charge in [0.1, 0.15) is 5.60 Å². The van der Waals surface area contributed by atoms with E-state index in [0.717, 1.165) is 26.2 Å². The van der Waals surface area contributed by atoms with Crippen LogP contribution < -0.4 is 5.43 Å². The molecule has 2 aliphatic rings. The first-order valence-electron chi connectivity index (χ1n) is 8.00. The van der Waals surface area contributed by atoms with Crippen LogP contribution in [0.5, 0.6) is 0 Å². The Morgan fingerprint density at radius 3 is 2.22 bits per heavy atom. The van der Waals surface area contributed by atoms with Crippen LogP contribution in [0, 0.1) is 0 Å². The number of carbonyl (C=O) groups is 2. The molecule has 0 aromatic rings. The molecule has 0 saturated carbocycles. The molecule has 0 atom stereocenters. The largest absolute Gasteiger partial charge is 0.481 e. The Hall–Kier alpha value is -1.38. The van der Waals surface area contributed by atoms with Crippen molar-refractivity contribution in [1.82, 2.24) is 20.2 Å². The van der Waals surface area contributed by atoms with E-state index < -0.39 is 23.2 Å². The fourth-order valence-corrected chi connectivity index (χ4v) is 2.91. The van der Waals surface area contributed by atoms with E-state index in [4.69, 9.17) is 4.74 Å². The van der Waals surface area contributed by atoms with Crippen molar-refractivity contribution in [2.24, 2.45) is 0 Å². The first kappa shape index (κ1) is 18.0. The number of carboxylic acids is 1. The Labute approximate surface area is 137 Å². The zero-order valence-corrected chi connectivity index (χ0v) is 14.5. The van der Waals surface area contributed by atoms with Gasteiger partial charge >= 0.3 is 12.1 Å². The quantitative estimate of drug-likeness (QED) is 0.762. The molecule has 8 heteroatoms. The molecule has 2 aliphatic heterocycles. The van der Waals surface area contributed by atoms with Gasteiger partial charge in [-0.3, -0.25) is 4.79 Å². The second-order valence-corrected chi connectivity index (χ2v) is 7.59. The number of carboxylic acid groups (broad SMARTS) is 1. The van der Waals surface area contributed by atoms with E-state index in [2.05, 4.69) is 22.4 Å². The smallest absolute Gasteiger partial charge is 0.410 e. The van der Waals surface area contributed by atoms with Gasteiger partial charge in [-0.2, -0.15) is 0 Å². The van der Waals surface area contributed by atoms with Gasteiger partial charge in [0, 0.05) is 39.3 Å². The van der Waals surface area contributed by atoms with E-state index in [-0.39, 0.29) is 6.42 Å². The van der Waals surface area contributed by atoms with Gasteiger partial charge in [0.15, 0.2) is 0 Å². The summed E-state index contributed by atoms with van der Waals surface area (Å²) in [6.45, 7) is 9.70. The highest BCUT2D eigenvalue weighted by molar-refractivity contribution is 5.73. The number of hydrogen-bond acceptors (Lipinski definition) is 6. The Kier molecular flexibility index (Phi) is 5.17. The van der Waals surface area contributed by atoms with Crippen LogP contribution in [0.15, 0.2) is 0 Å². The monoisotopic (exact) mass is 328 g/mol. The number of carbonyl (C=O) groups excluding carboxylic acids is 1. The predicted octanol–water partition coefficient (Wildman–Crippen LogP) is 0.203. The van der Waals surface area contributed by atoms with E-state index in [0.29, 0.717) is 13.1 Å². The average Bonchev–Trinajstić information content (AvgIpc) is 2.35. The van der Waals surface area contributed by atoms with Gasteiger partial charge in [-0.05, 0) is 27.8 Å². The molecule has 2 N–H and O–H groups in total. The van der Waals surface area contributed by atoms with Crippen LogP contribution in [0.3, 0.4) is 0 Å². The summed E-state index contributed by atoms with van der Waals surface area (Å²) in [7, 11) is 2.07. The Morgan fingerprint density at radius 2 is 1.74 bits per heavy atom. The van der Waals surface area contributed by atoms with E-state index in [1.807, 2.05) is 20.8 Å². The van der Waals surface area contributed by atoms with Gasteiger partial charge in [-0.25, -0.2) is 15.2 Å². The summed E-state index contributed by atoms with van der Waals surface area (Å²) in [5.41, 5.74) is 2.20. The number of rotatable bonds is 4. The number of likely N-dealkylation sites (tertiary alicyclic amines) is 1. The van der Waals surface area contributed by atoms with Crippen LogP contribution in [-0.2, 0) is 9.53 Å². The molecule has 0 spiro atoms. The third-order valence-electron chi connectivity index (χ3n) is 4.03. The molecule has 23 heavy (non-hydrogen) atoms. The minimum absolute atomic E-state index is 0.0152. The average molecular weight is 328 g/mol. The summed E-state index contributed by atoms with van der Waals surface area (Å²) in [6, 6.07) is 0. The number of likely N-dealkylation sites (N-methyl/N-ethyl adjacent to an activating group) is 1. The standard InChI is InChI=1S/C15H28N4O4/c1-14(2,3)23-13(22)18-10-15(11-18,9-12(20)21)16-19-7-5-17(4)6-8-19/h16H,5-11H2,1-4H3,(H,20,21). The van der Waals surface area contributed by atoms with Crippen molar-refractivity contribution in [3.63, 3.8) is 0 Å². The summed E-state index contributed by atoms with van der Waals surface area (Å²) in [6.07, 6.45) is -0.405. The van der Waals surface area contributed by atoms with Gasteiger partial charge in [-0.1, -0.05) is 0 Å². The number of nitrogens with zero attached hydrogens (tertiary/aromatic N) is 3. The van der Waals surface area contributed by atoms with Crippen molar-refractivity contribution in [1.29, 1.82) is 0 Å². The molecule has 2 heterocycles. The molecular formula is C15H28N4O4. The summed E-state index contributed by atoms with van der Waals surface area (Å²) >= 11 is 0. The third-order valence-corrected chi connectivity index (χ3v) is 4.03. The van der Waals surface area contributed by atoms with Gasteiger partial charge < -0.3 is 19.6 Å². The van der Waals surface area contributed by atoms with Crippen LogP contribution in [0.4, 0.5) is 4.79 Å². The van der Waals surface area contributed by atoms with Gasteiger partial charge in [0.25, 0.3) is 0 Å². The molecule has 8 nitrogen and oxygen atoms in total. The predicted molar refractivity (Wildman–Crippen MR) is 85.0 cm³/mol. The fraction of sp³-hybridized carbons (Fsp3) is 0.867. The lowest BCUT2D eigenvalue weighted by Crippen LogP contribution is -2.74. The number of aliphatic carboxylic acids is 1. The molecule has 132 valence electrons. The second-order valence-electron chi connectivity index (χ2n) is 7.59. The molecule has 0 bridgehead atoms. The molecule has 0 aromatic carbocycles.